The van der Waals surface area contributed by atoms with Gasteiger partial charge >= 0.3 is 30.5 Å². The van der Waals surface area contributed by atoms with Crippen LogP contribution in [0.4, 0.5) is 0 Å². The summed E-state index contributed by atoms with van der Waals surface area (Å²) < 4.78 is 30.7. The fraction of sp³-hybridized carbons (Fsp3) is 0. The van der Waals surface area contributed by atoms with Gasteiger partial charge < -0.3 is 11.0 Å². The van der Waals surface area contributed by atoms with Crippen LogP contribution in [-0.2, 0) is 3.74 Å². The van der Waals surface area contributed by atoms with Crippen LogP contribution in [0.1, 0.15) is 0 Å². The van der Waals surface area contributed by atoms with Gasteiger partial charge in [0, 0.05) is 103 Å². The van der Waals surface area contributed by atoms with Crippen molar-refractivity contribution in [3.63, 3.8) is 0 Å². The third-order valence-electron chi connectivity index (χ3n) is 0. The molecule has 0 saturated carbocycles. The van der Waals surface area contributed by atoms with E-state index in [1.165, 1.54) is 0 Å². The Hall–Kier alpha value is 3.43. The molecular weight excluding hydrogens is 249 g/mol. The Balaban J connectivity index is -0.0000000133. The van der Waals surface area contributed by atoms with Crippen molar-refractivity contribution >= 4 is 117 Å². The molecule has 0 atom stereocenters. The van der Waals surface area contributed by atoms with Crippen molar-refractivity contribution in [1.29, 1.82) is 0 Å². The van der Waals surface area contributed by atoms with Gasteiger partial charge in [0.05, 0.1) is 0 Å². The maximum atomic E-state index is 8.94. The summed E-state index contributed by atoms with van der Waals surface area (Å²) >= 11 is -5.12. The Bertz CT molecular complexity index is 57.2. The zero-order valence-corrected chi connectivity index (χ0v) is 13.3. The third-order valence-corrected chi connectivity index (χ3v) is 0. The molecule has 7 N–H and O–H groups in total. The molecule has 0 saturated heterocycles. The molecule has 2 radical (unpaired) electrons. The smallest absolute Gasteiger partial charge is 0 e. The summed E-state index contributed by atoms with van der Waals surface area (Å²) in [6.07, 6.45) is 0. The topological polar surface area (TPSA) is 141 Å². The third kappa shape index (κ3) is 86.4. The summed E-state index contributed by atoms with van der Waals surface area (Å²) in [7, 11) is 0. The Labute approximate surface area is 140 Å². The standard InChI is InChI=1S/AsH3O4.2K.2H2O/c2-1(3,4)5;;;;/h(H3,2,3,4,5);;;2*1H2. The van der Waals surface area contributed by atoms with Crippen molar-refractivity contribution in [3.05, 3.63) is 0 Å². The first-order valence-electron chi connectivity index (χ1n) is 0.783. The second-order valence-electron chi connectivity index (χ2n) is 0.513. The van der Waals surface area contributed by atoms with E-state index in [4.69, 9.17) is 16.0 Å². The van der Waals surface area contributed by atoms with E-state index in [2.05, 4.69) is 0 Å². The van der Waals surface area contributed by atoms with E-state index >= 15 is 0 Å². The van der Waals surface area contributed by atoms with Gasteiger partial charge in [0.2, 0.25) is 0 Å². The first-order chi connectivity index (χ1) is 2.00. The molecule has 0 aromatic rings. The fourth-order valence-corrected chi connectivity index (χ4v) is 0. The molecule has 0 amide bonds. The number of hydrogen-bond donors (Lipinski definition) is 3. The number of hydrogen-bond acceptors (Lipinski definition) is 1. The Morgan fingerprint density at radius 1 is 0.889 bits per heavy atom. The van der Waals surface area contributed by atoms with Gasteiger partial charge in [0.1, 0.15) is 0 Å². The summed E-state index contributed by atoms with van der Waals surface area (Å²) in [6.45, 7) is 0. The fourth-order valence-electron chi connectivity index (χ4n) is 0. The van der Waals surface area contributed by atoms with Gasteiger partial charge in [-0.1, -0.05) is 0 Å². The Morgan fingerprint density at radius 3 is 0.889 bits per heavy atom. The average molecular weight is 256 g/mol. The van der Waals surface area contributed by atoms with Crippen LogP contribution < -0.4 is 0 Å². The van der Waals surface area contributed by atoms with E-state index in [0.717, 1.165) is 0 Å². The summed E-state index contributed by atoms with van der Waals surface area (Å²) in [5.41, 5.74) is 0. The molecule has 0 spiro atoms. The monoisotopic (exact) mass is 256 g/mol. The first-order valence-corrected chi connectivity index (χ1v) is 4.07. The minimum Gasteiger partial charge on any atom is 0 e. The van der Waals surface area contributed by atoms with Crippen LogP contribution in [0.2, 0.25) is 0 Å². The van der Waals surface area contributed by atoms with Gasteiger partial charge in [0.15, 0.2) is 0 Å². The molecular formula is H7AsK2O6. The van der Waals surface area contributed by atoms with Gasteiger partial charge in [0.25, 0.3) is 0 Å². The first kappa shape index (κ1) is 29.4. The van der Waals surface area contributed by atoms with E-state index in [1.54, 1.807) is 0 Å². The van der Waals surface area contributed by atoms with Crippen LogP contribution >= 0.6 is 0 Å². The summed E-state index contributed by atoms with van der Waals surface area (Å²) in [6, 6.07) is 0. The van der Waals surface area contributed by atoms with E-state index in [9.17, 15) is 0 Å². The molecule has 0 aliphatic heterocycles. The van der Waals surface area contributed by atoms with Gasteiger partial charge in [-0.05, 0) is 0 Å². The Morgan fingerprint density at radius 2 is 0.889 bits per heavy atom. The van der Waals surface area contributed by atoms with Gasteiger partial charge in [-0.2, -0.15) is 0 Å². The normalized spacial score (nSPS) is 6.56. The van der Waals surface area contributed by atoms with Crippen molar-refractivity contribution in [1.82, 2.24) is 0 Å². The van der Waals surface area contributed by atoms with Crippen LogP contribution in [0, 0.1) is 0 Å². The maximum Gasteiger partial charge on any atom is 0 e. The zero-order chi connectivity index (χ0) is 4.50. The minimum atomic E-state index is -5.12. The van der Waals surface area contributed by atoms with E-state index in [0.29, 0.717) is 0 Å². The molecule has 9 heteroatoms. The van der Waals surface area contributed by atoms with Crippen molar-refractivity contribution in [2.45, 2.75) is 0 Å². The molecule has 0 bridgehead atoms. The van der Waals surface area contributed by atoms with Gasteiger partial charge in [-0.3, -0.25) is 0 Å². The van der Waals surface area contributed by atoms with Crippen molar-refractivity contribution in [2.24, 2.45) is 0 Å². The molecule has 0 rings (SSSR count). The number of rotatable bonds is 0. The van der Waals surface area contributed by atoms with Gasteiger partial charge in [-0.25, -0.2) is 0 Å². The van der Waals surface area contributed by atoms with Crippen LogP contribution in [0.25, 0.3) is 0 Å². The molecule has 0 aromatic heterocycles. The van der Waals surface area contributed by atoms with Crippen LogP contribution in [0.15, 0.2) is 0 Å². The molecule has 0 aromatic carbocycles. The van der Waals surface area contributed by atoms with E-state index in [-0.39, 0.29) is 114 Å². The quantitative estimate of drug-likeness (QED) is 0.375. The van der Waals surface area contributed by atoms with Crippen LogP contribution in [-0.4, -0.2) is 141 Å². The van der Waals surface area contributed by atoms with Crippen molar-refractivity contribution in [3.8, 4) is 0 Å². The second kappa shape index (κ2) is 14.0. The minimum absolute atomic E-state index is 0. The molecule has 0 heterocycles. The molecule has 0 unspecified atom stereocenters. The predicted octanol–water partition coefficient (Wildman–Crippen LogP) is -4.58. The predicted molar refractivity (Wildman–Crippen MR) is 31.8 cm³/mol. The van der Waals surface area contributed by atoms with Crippen molar-refractivity contribution < 1.29 is 27.0 Å². The van der Waals surface area contributed by atoms with Gasteiger partial charge in [-0.15, -0.1) is 0 Å². The summed E-state index contributed by atoms with van der Waals surface area (Å²) in [5.74, 6) is 0. The Kier molecular flexibility index (Phi) is 45.7. The van der Waals surface area contributed by atoms with Crippen LogP contribution in [0.3, 0.4) is 0 Å². The SMILES string of the molecule is O.O.O=[As](O)(O)O.[K].[K]. The second-order valence-corrected chi connectivity index (χ2v) is 2.67. The van der Waals surface area contributed by atoms with E-state index in [1.807, 2.05) is 0 Å². The van der Waals surface area contributed by atoms with Crippen molar-refractivity contribution in [2.75, 3.05) is 0 Å². The molecule has 0 fully saturated rings. The molecule has 0 aliphatic rings. The zero-order valence-electron chi connectivity index (χ0n) is 5.20. The molecule has 9 heavy (non-hydrogen) atoms. The molecule has 0 aliphatic carbocycles. The van der Waals surface area contributed by atoms with E-state index < -0.39 is 14.5 Å². The largest absolute Gasteiger partial charge is 0 e. The maximum absolute atomic E-state index is 8.94. The molecule has 50 valence electrons. The summed E-state index contributed by atoms with van der Waals surface area (Å²) in [5, 5.41) is 0. The molecule has 6 nitrogen and oxygen atoms in total. The van der Waals surface area contributed by atoms with Crippen LogP contribution in [0.5, 0.6) is 0 Å². The summed E-state index contributed by atoms with van der Waals surface area (Å²) in [4.78, 5) is 0. The average Bonchev–Trinajstić information content (AvgIpc) is 0.722.